The SMILES string of the molecule is C=CCc1ccc2c(c1)c1c(n2-c2cc(-c3ccc4c(c3)C3=C(CCC=C3)C4)cc(-n3c(/C=C\C)c(C=C)c4cc(CC=C)ccc43)c2)C=C=C=C1.S. The average molecular weight is 703 g/mol. The molecule has 3 aliphatic carbocycles. The fourth-order valence-corrected chi connectivity index (χ4v) is 8.55. The number of allylic oxidation sites excluding steroid dienone is 7. The van der Waals surface area contributed by atoms with E-state index in [2.05, 4.69) is 157 Å². The van der Waals surface area contributed by atoms with Crippen LogP contribution in [0.3, 0.4) is 0 Å². The van der Waals surface area contributed by atoms with Gasteiger partial charge in [-0.25, -0.2) is 0 Å². The van der Waals surface area contributed by atoms with Crippen molar-refractivity contribution < 1.29 is 0 Å². The molecule has 0 radical (unpaired) electrons. The zero-order valence-electron chi connectivity index (χ0n) is 30.2. The Morgan fingerprint density at radius 2 is 1.47 bits per heavy atom. The highest BCUT2D eigenvalue weighted by atomic mass is 32.1. The summed E-state index contributed by atoms with van der Waals surface area (Å²) in [6.45, 7) is 14.4. The molecule has 0 spiro atoms. The van der Waals surface area contributed by atoms with Gasteiger partial charge in [-0.1, -0.05) is 84.3 Å². The Kier molecular flexibility index (Phi) is 8.95. The van der Waals surface area contributed by atoms with Gasteiger partial charge >= 0.3 is 0 Å². The molecule has 0 aliphatic heterocycles. The number of hydrogen-bond donors (Lipinski definition) is 0. The molecule has 0 fully saturated rings. The lowest BCUT2D eigenvalue weighted by atomic mass is 9.95. The van der Waals surface area contributed by atoms with Gasteiger partial charge in [0.2, 0.25) is 0 Å². The van der Waals surface area contributed by atoms with E-state index in [9.17, 15) is 0 Å². The van der Waals surface area contributed by atoms with E-state index in [0.717, 1.165) is 77.0 Å². The predicted octanol–water partition coefficient (Wildman–Crippen LogP) is 12.9. The molecule has 2 nitrogen and oxygen atoms in total. The Labute approximate surface area is 319 Å². The van der Waals surface area contributed by atoms with Crippen LogP contribution in [0.15, 0.2) is 140 Å². The Bertz CT molecular complexity index is 2740. The number of aromatic nitrogens is 2. The molecule has 9 rings (SSSR count). The maximum Gasteiger partial charge on any atom is 0.0631 e. The molecule has 2 aromatic heterocycles. The Morgan fingerprint density at radius 3 is 2.21 bits per heavy atom. The Hall–Kier alpha value is -5.95. The van der Waals surface area contributed by atoms with Crippen molar-refractivity contribution in [2.24, 2.45) is 0 Å². The van der Waals surface area contributed by atoms with Gasteiger partial charge in [-0.3, -0.25) is 0 Å². The van der Waals surface area contributed by atoms with E-state index >= 15 is 0 Å². The first-order valence-corrected chi connectivity index (χ1v) is 18.3. The monoisotopic (exact) mass is 702 g/mol. The number of rotatable bonds is 9. The van der Waals surface area contributed by atoms with Crippen LogP contribution in [0.4, 0.5) is 0 Å². The summed E-state index contributed by atoms with van der Waals surface area (Å²) in [6, 6.07) is 27.7. The van der Waals surface area contributed by atoms with Crippen molar-refractivity contribution >= 4 is 65.2 Å². The van der Waals surface area contributed by atoms with Crippen molar-refractivity contribution in [3.63, 3.8) is 0 Å². The van der Waals surface area contributed by atoms with Crippen molar-refractivity contribution in [1.29, 1.82) is 0 Å². The molecule has 6 aromatic rings. The molecule has 258 valence electrons. The summed E-state index contributed by atoms with van der Waals surface area (Å²) in [7, 11) is 0. The topological polar surface area (TPSA) is 9.86 Å². The van der Waals surface area contributed by atoms with Crippen LogP contribution in [0.25, 0.3) is 74.2 Å². The van der Waals surface area contributed by atoms with E-state index in [-0.39, 0.29) is 13.5 Å². The third-order valence-electron chi connectivity index (χ3n) is 10.8. The third kappa shape index (κ3) is 5.62. The minimum atomic E-state index is 0. The fraction of sp³-hybridized carbons (Fsp3) is 0.120. The van der Waals surface area contributed by atoms with Crippen LogP contribution in [-0.2, 0) is 19.3 Å². The molecule has 0 saturated heterocycles. The standard InChI is InChI=1S/C50H40N2.H2S/c1-5-13-33-20-24-49-45(26-33)41(8-4)47(15-7-3)51(49)39-29-38(35-22-23-37-28-36-16-9-10-17-42(36)44(37)31-35)30-40(32-39)52-48-19-12-11-18-43(48)46-27-34(14-6-2)21-25-50(46)52;/h5-8,10,15,17-27,29-32H,1-2,4,9,13-14,16,28H2,3H3;1H2/b15-7-;. The van der Waals surface area contributed by atoms with E-state index in [1.54, 1.807) is 5.57 Å². The summed E-state index contributed by atoms with van der Waals surface area (Å²) in [5.41, 5.74) is 26.2. The fourth-order valence-electron chi connectivity index (χ4n) is 8.55. The van der Waals surface area contributed by atoms with Gasteiger partial charge in [0.05, 0.1) is 22.4 Å². The molecule has 3 aliphatic rings. The summed E-state index contributed by atoms with van der Waals surface area (Å²) in [5.74, 6) is 0. The van der Waals surface area contributed by atoms with Gasteiger partial charge in [0, 0.05) is 39.4 Å². The number of nitrogens with zero attached hydrogens (tertiary/aromatic N) is 2. The average Bonchev–Trinajstić information content (AvgIpc) is 3.81. The molecule has 0 saturated carbocycles. The van der Waals surface area contributed by atoms with Gasteiger partial charge < -0.3 is 9.13 Å². The molecule has 0 N–H and O–H groups in total. The van der Waals surface area contributed by atoms with Crippen LogP contribution in [-0.4, -0.2) is 9.13 Å². The maximum absolute atomic E-state index is 4.29. The van der Waals surface area contributed by atoms with Gasteiger partial charge in [-0.05, 0) is 139 Å². The molecular formula is C50H42N2S. The van der Waals surface area contributed by atoms with Crippen molar-refractivity contribution in [2.75, 3.05) is 0 Å². The molecule has 0 amide bonds. The Balaban J connectivity index is 0.00000400. The molecule has 4 aromatic carbocycles. The van der Waals surface area contributed by atoms with Gasteiger partial charge in [0.1, 0.15) is 0 Å². The molecule has 0 bridgehead atoms. The van der Waals surface area contributed by atoms with Crippen LogP contribution < -0.4 is 0 Å². The highest BCUT2D eigenvalue weighted by molar-refractivity contribution is 7.59. The molecule has 2 heterocycles. The molecule has 53 heavy (non-hydrogen) atoms. The smallest absolute Gasteiger partial charge is 0.0631 e. The van der Waals surface area contributed by atoms with Crippen molar-refractivity contribution in [1.82, 2.24) is 9.13 Å². The second-order valence-electron chi connectivity index (χ2n) is 14.0. The number of fused-ring (bicyclic) bond motifs is 6. The minimum absolute atomic E-state index is 0. The second kappa shape index (κ2) is 13.9. The first-order chi connectivity index (χ1) is 25.6. The summed E-state index contributed by atoms with van der Waals surface area (Å²) < 4.78 is 4.81. The highest BCUT2D eigenvalue weighted by Gasteiger charge is 2.24. The lowest BCUT2D eigenvalue weighted by Gasteiger charge is -2.18. The number of benzene rings is 4. The first-order valence-electron chi connectivity index (χ1n) is 18.3. The summed E-state index contributed by atoms with van der Waals surface area (Å²) in [6.07, 6.45) is 24.1. The van der Waals surface area contributed by atoms with E-state index in [1.807, 2.05) is 18.2 Å². The van der Waals surface area contributed by atoms with Gasteiger partial charge in [-0.15, -0.1) is 13.2 Å². The zero-order valence-corrected chi connectivity index (χ0v) is 31.2. The number of hydrogen-bond acceptors (Lipinski definition) is 0. The first kappa shape index (κ1) is 34.2. The van der Waals surface area contributed by atoms with Gasteiger partial charge in [0.25, 0.3) is 0 Å². The summed E-state index contributed by atoms with van der Waals surface area (Å²) in [4.78, 5) is 0. The predicted molar refractivity (Wildman–Crippen MR) is 233 cm³/mol. The van der Waals surface area contributed by atoms with Crippen LogP contribution in [0.1, 0.15) is 64.5 Å². The Morgan fingerprint density at radius 1 is 0.755 bits per heavy atom. The van der Waals surface area contributed by atoms with Crippen molar-refractivity contribution in [3.8, 4) is 22.5 Å². The zero-order chi connectivity index (χ0) is 35.3. The molecule has 0 unspecified atom stereocenters. The van der Waals surface area contributed by atoms with Crippen LogP contribution >= 0.6 is 13.5 Å². The van der Waals surface area contributed by atoms with Crippen LogP contribution in [0.5, 0.6) is 0 Å². The van der Waals surface area contributed by atoms with Gasteiger partial charge in [-0.2, -0.15) is 13.5 Å². The van der Waals surface area contributed by atoms with Crippen LogP contribution in [0, 0.1) is 0 Å². The maximum atomic E-state index is 4.29. The quantitative estimate of drug-likeness (QED) is 0.105. The lowest BCUT2D eigenvalue weighted by molar-refractivity contribution is 0.935. The highest BCUT2D eigenvalue weighted by Crippen LogP contribution is 2.42. The minimum Gasteiger partial charge on any atom is -0.309 e. The van der Waals surface area contributed by atoms with E-state index < -0.39 is 0 Å². The van der Waals surface area contributed by atoms with E-state index in [4.69, 9.17) is 0 Å². The van der Waals surface area contributed by atoms with Crippen LogP contribution in [0.2, 0.25) is 0 Å². The van der Waals surface area contributed by atoms with Crippen molar-refractivity contribution in [3.05, 3.63) is 185 Å². The largest absolute Gasteiger partial charge is 0.309 e. The van der Waals surface area contributed by atoms with E-state index in [0.29, 0.717) is 0 Å². The normalized spacial score (nSPS) is 13.8. The molecule has 3 heteroatoms. The molecular weight excluding hydrogens is 661 g/mol. The van der Waals surface area contributed by atoms with Crippen molar-refractivity contribution in [2.45, 2.75) is 39.0 Å². The third-order valence-corrected chi connectivity index (χ3v) is 10.8. The molecule has 0 atom stereocenters. The summed E-state index contributed by atoms with van der Waals surface area (Å²) in [5, 5.41) is 2.39. The van der Waals surface area contributed by atoms with Gasteiger partial charge in [0.15, 0.2) is 0 Å². The second-order valence-corrected chi connectivity index (χ2v) is 14.0. The summed E-state index contributed by atoms with van der Waals surface area (Å²) >= 11 is 0. The van der Waals surface area contributed by atoms with E-state index in [1.165, 1.54) is 49.7 Å². The lowest BCUT2D eigenvalue weighted by Crippen LogP contribution is -2.03.